The van der Waals surface area contributed by atoms with E-state index in [-0.39, 0.29) is 18.9 Å². The summed E-state index contributed by atoms with van der Waals surface area (Å²) >= 11 is 0. The summed E-state index contributed by atoms with van der Waals surface area (Å²) in [6, 6.07) is 13.8. The SMILES string of the molecule is CC(C)(C)OC(=O)[C@]1(Cc2ccccc2)COC(c2ccc(C(F)(F)F)cc2)=N1. The van der Waals surface area contributed by atoms with Gasteiger partial charge in [0, 0.05) is 12.0 Å². The molecule has 0 N–H and O–H groups in total. The highest BCUT2D eigenvalue weighted by Gasteiger charge is 2.47. The van der Waals surface area contributed by atoms with Gasteiger partial charge < -0.3 is 9.47 Å². The van der Waals surface area contributed by atoms with Gasteiger partial charge in [-0.1, -0.05) is 30.3 Å². The van der Waals surface area contributed by atoms with Crippen LogP contribution in [0.3, 0.4) is 0 Å². The smallest absolute Gasteiger partial charge is 0.416 e. The number of ether oxygens (including phenoxy) is 2. The van der Waals surface area contributed by atoms with Crippen molar-refractivity contribution in [2.24, 2.45) is 4.99 Å². The fourth-order valence-electron chi connectivity index (χ4n) is 2.97. The normalized spacial score (nSPS) is 19.4. The van der Waals surface area contributed by atoms with Crippen LogP contribution in [-0.2, 0) is 26.9 Å². The standard InChI is InChI=1S/C22H22F3NO3/c1-20(2,3)29-19(27)21(13-15-7-5-4-6-8-15)14-28-18(26-21)16-9-11-17(12-10-16)22(23,24)25/h4-12H,13-14H2,1-3H3/t21-/m0/s1. The van der Waals surface area contributed by atoms with E-state index in [4.69, 9.17) is 9.47 Å². The van der Waals surface area contributed by atoms with E-state index in [9.17, 15) is 18.0 Å². The van der Waals surface area contributed by atoms with Crippen LogP contribution in [0, 0.1) is 0 Å². The summed E-state index contributed by atoms with van der Waals surface area (Å²) in [5.41, 5.74) is -1.53. The molecular formula is C22H22F3NO3. The first-order chi connectivity index (χ1) is 13.5. The minimum Gasteiger partial charge on any atom is -0.474 e. The largest absolute Gasteiger partial charge is 0.474 e. The first kappa shape index (κ1) is 20.9. The van der Waals surface area contributed by atoms with Gasteiger partial charge in [0.1, 0.15) is 12.2 Å². The van der Waals surface area contributed by atoms with Crippen LogP contribution in [0.25, 0.3) is 0 Å². The van der Waals surface area contributed by atoms with Gasteiger partial charge >= 0.3 is 12.1 Å². The molecule has 7 heteroatoms. The Morgan fingerprint density at radius 3 is 2.24 bits per heavy atom. The maximum Gasteiger partial charge on any atom is 0.416 e. The molecule has 154 valence electrons. The molecule has 0 bridgehead atoms. The van der Waals surface area contributed by atoms with Crippen molar-refractivity contribution in [3.8, 4) is 0 Å². The number of benzene rings is 2. The summed E-state index contributed by atoms with van der Waals surface area (Å²) in [6.45, 7) is 5.24. The van der Waals surface area contributed by atoms with Crippen molar-refractivity contribution in [2.45, 2.75) is 44.5 Å². The van der Waals surface area contributed by atoms with Gasteiger partial charge in [-0.3, -0.25) is 0 Å². The van der Waals surface area contributed by atoms with E-state index in [1.54, 1.807) is 20.8 Å². The molecule has 0 saturated heterocycles. The van der Waals surface area contributed by atoms with Gasteiger partial charge in [0.25, 0.3) is 0 Å². The van der Waals surface area contributed by atoms with E-state index in [0.29, 0.717) is 5.56 Å². The average molecular weight is 405 g/mol. The maximum absolute atomic E-state index is 13.0. The van der Waals surface area contributed by atoms with Gasteiger partial charge in [-0.2, -0.15) is 13.2 Å². The molecule has 0 amide bonds. The number of esters is 1. The number of hydrogen-bond donors (Lipinski definition) is 0. The van der Waals surface area contributed by atoms with Crippen LogP contribution in [0.2, 0.25) is 0 Å². The second-order valence-corrected chi connectivity index (χ2v) is 7.98. The van der Waals surface area contributed by atoms with Crippen LogP contribution in [0.5, 0.6) is 0 Å². The van der Waals surface area contributed by atoms with Crippen molar-refractivity contribution in [3.63, 3.8) is 0 Å². The minimum atomic E-state index is -4.43. The summed E-state index contributed by atoms with van der Waals surface area (Å²) in [4.78, 5) is 17.5. The molecule has 0 aromatic heterocycles. The molecule has 0 radical (unpaired) electrons. The lowest BCUT2D eigenvalue weighted by molar-refractivity contribution is -0.162. The van der Waals surface area contributed by atoms with Crippen LogP contribution in [0.1, 0.15) is 37.5 Å². The summed E-state index contributed by atoms with van der Waals surface area (Å²) in [5.74, 6) is -0.406. The molecular weight excluding hydrogens is 383 g/mol. The fourth-order valence-corrected chi connectivity index (χ4v) is 2.97. The number of rotatable bonds is 4. The van der Waals surface area contributed by atoms with E-state index in [1.807, 2.05) is 30.3 Å². The van der Waals surface area contributed by atoms with Crippen molar-refractivity contribution >= 4 is 11.9 Å². The van der Waals surface area contributed by atoms with Gasteiger partial charge in [-0.25, -0.2) is 9.79 Å². The Balaban J connectivity index is 1.94. The maximum atomic E-state index is 13.0. The third kappa shape index (κ3) is 4.96. The molecule has 4 nitrogen and oxygen atoms in total. The van der Waals surface area contributed by atoms with E-state index in [1.165, 1.54) is 12.1 Å². The van der Waals surface area contributed by atoms with Crippen molar-refractivity contribution in [1.29, 1.82) is 0 Å². The van der Waals surface area contributed by atoms with E-state index in [2.05, 4.69) is 4.99 Å². The molecule has 3 rings (SSSR count). The van der Waals surface area contributed by atoms with E-state index in [0.717, 1.165) is 17.7 Å². The Kier molecular flexibility index (Phi) is 5.43. The predicted molar refractivity (Wildman–Crippen MR) is 103 cm³/mol. The molecule has 29 heavy (non-hydrogen) atoms. The lowest BCUT2D eigenvalue weighted by atomic mass is 9.92. The fraction of sp³-hybridized carbons (Fsp3) is 0.364. The number of carbonyl (C=O) groups is 1. The second-order valence-electron chi connectivity index (χ2n) is 7.98. The van der Waals surface area contributed by atoms with Gasteiger partial charge in [0.2, 0.25) is 5.90 Å². The lowest BCUT2D eigenvalue weighted by Crippen LogP contribution is -2.45. The molecule has 2 aromatic rings. The zero-order valence-electron chi connectivity index (χ0n) is 16.4. The third-order valence-electron chi connectivity index (χ3n) is 4.34. The molecule has 1 aliphatic heterocycles. The second kappa shape index (κ2) is 7.54. The lowest BCUT2D eigenvalue weighted by Gasteiger charge is -2.28. The predicted octanol–water partition coefficient (Wildman–Crippen LogP) is 4.81. The topological polar surface area (TPSA) is 47.9 Å². The van der Waals surface area contributed by atoms with Crippen LogP contribution in [0.4, 0.5) is 13.2 Å². The minimum absolute atomic E-state index is 0.0484. The third-order valence-corrected chi connectivity index (χ3v) is 4.34. The Morgan fingerprint density at radius 1 is 1.07 bits per heavy atom. The summed E-state index contributed by atoms with van der Waals surface area (Å²) in [5, 5.41) is 0. The highest BCUT2D eigenvalue weighted by molar-refractivity contribution is 5.99. The Morgan fingerprint density at radius 2 is 1.69 bits per heavy atom. The zero-order valence-corrected chi connectivity index (χ0v) is 16.4. The summed E-state index contributed by atoms with van der Waals surface area (Å²) in [7, 11) is 0. The number of aliphatic imine (C=N–C) groups is 1. The average Bonchev–Trinajstić information content (AvgIpc) is 3.06. The highest BCUT2D eigenvalue weighted by atomic mass is 19.4. The van der Waals surface area contributed by atoms with Gasteiger partial charge in [-0.15, -0.1) is 0 Å². The molecule has 1 heterocycles. The highest BCUT2D eigenvalue weighted by Crippen LogP contribution is 2.32. The molecule has 1 atom stereocenters. The summed E-state index contributed by atoms with van der Waals surface area (Å²) in [6.07, 6.45) is -4.17. The van der Waals surface area contributed by atoms with Gasteiger partial charge in [0.05, 0.1) is 5.56 Å². The van der Waals surface area contributed by atoms with Crippen LogP contribution < -0.4 is 0 Å². The van der Waals surface area contributed by atoms with Crippen LogP contribution in [0.15, 0.2) is 59.6 Å². The zero-order chi connectivity index (χ0) is 21.3. The van der Waals surface area contributed by atoms with Crippen molar-refractivity contribution < 1.29 is 27.4 Å². The number of carbonyl (C=O) groups excluding carboxylic acids is 1. The molecule has 0 aliphatic carbocycles. The number of hydrogen-bond acceptors (Lipinski definition) is 4. The molecule has 1 aliphatic rings. The first-order valence-electron chi connectivity index (χ1n) is 9.16. The van der Waals surface area contributed by atoms with Gasteiger partial charge in [0.15, 0.2) is 5.54 Å². The Labute approximate surface area is 167 Å². The van der Waals surface area contributed by atoms with Crippen molar-refractivity contribution in [3.05, 3.63) is 71.3 Å². The van der Waals surface area contributed by atoms with E-state index >= 15 is 0 Å². The molecule has 0 unspecified atom stereocenters. The van der Waals surface area contributed by atoms with Gasteiger partial charge in [-0.05, 0) is 50.6 Å². The molecule has 0 saturated carbocycles. The van der Waals surface area contributed by atoms with Crippen molar-refractivity contribution in [1.82, 2.24) is 0 Å². The van der Waals surface area contributed by atoms with Crippen molar-refractivity contribution in [2.75, 3.05) is 6.61 Å². The Bertz CT molecular complexity index is 900. The number of nitrogens with zero attached hydrogens (tertiary/aromatic N) is 1. The molecule has 2 aromatic carbocycles. The van der Waals surface area contributed by atoms with Crippen LogP contribution >= 0.6 is 0 Å². The summed E-state index contributed by atoms with van der Waals surface area (Å²) < 4.78 is 49.6. The monoisotopic (exact) mass is 405 g/mol. The molecule has 0 fully saturated rings. The quantitative estimate of drug-likeness (QED) is 0.686. The molecule has 0 spiro atoms. The first-order valence-corrected chi connectivity index (χ1v) is 9.16. The number of halogens is 3. The number of alkyl halides is 3. The Hall–Kier alpha value is -2.83. The van der Waals surface area contributed by atoms with E-state index < -0.39 is 28.8 Å². The van der Waals surface area contributed by atoms with Crippen LogP contribution in [-0.4, -0.2) is 29.6 Å².